The molecule has 2 amide bonds. The first-order valence-corrected chi connectivity index (χ1v) is 10.0. The molecule has 1 heterocycles. The Labute approximate surface area is 180 Å². The van der Waals surface area contributed by atoms with Crippen LogP contribution in [-0.2, 0) is 13.1 Å². The molecule has 0 aliphatic carbocycles. The third-order valence-electron chi connectivity index (χ3n) is 4.67. The van der Waals surface area contributed by atoms with Crippen LogP contribution >= 0.6 is 0 Å². The van der Waals surface area contributed by atoms with Gasteiger partial charge < -0.3 is 19.5 Å². The average Bonchev–Trinajstić information content (AvgIpc) is 3.29. The van der Waals surface area contributed by atoms with E-state index >= 15 is 0 Å². The van der Waals surface area contributed by atoms with Crippen LogP contribution in [0, 0.1) is 17.1 Å². The fourth-order valence-corrected chi connectivity index (χ4v) is 3.16. The highest BCUT2D eigenvalue weighted by molar-refractivity contribution is 5.90. The lowest BCUT2D eigenvalue weighted by molar-refractivity contribution is 0.206. The molecular weight excluding hydrogens is 397 g/mol. The summed E-state index contributed by atoms with van der Waals surface area (Å²) < 4.78 is 21.1. The lowest BCUT2D eigenvalue weighted by Crippen LogP contribution is -2.36. The number of carbonyl (C=O) groups excluding carboxylic acids is 1. The number of aryl methyl sites for hydroxylation is 1. The maximum Gasteiger partial charge on any atom is 0.322 e. The number of nitrogens with one attached hydrogen (secondary N) is 1. The largest absolute Gasteiger partial charge is 0.494 e. The van der Waals surface area contributed by atoms with E-state index in [0.717, 1.165) is 17.4 Å². The highest BCUT2D eigenvalue weighted by Crippen LogP contribution is 2.22. The van der Waals surface area contributed by atoms with E-state index in [4.69, 9.17) is 4.74 Å². The maximum absolute atomic E-state index is 13.4. The number of carbonyl (C=O) groups is 1. The van der Waals surface area contributed by atoms with Crippen LogP contribution in [0.5, 0.6) is 5.75 Å². The molecule has 3 aromatic rings. The number of benzene rings is 2. The van der Waals surface area contributed by atoms with E-state index < -0.39 is 5.82 Å². The fourth-order valence-electron chi connectivity index (χ4n) is 3.16. The van der Waals surface area contributed by atoms with Gasteiger partial charge in [-0.25, -0.2) is 14.2 Å². The van der Waals surface area contributed by atoms with Gasteiger partial charge in [0.05, 0.1) is 30.7 Å². The van der Waals surface area contributed by atoms with E-state index in [1.165, 1.54) is 12.1 Å². The van der Waals surface area contributed by atoms with Crippen LogP contribution in [-0.4, -0.2) is 33.6 Å². The van der Waals surface area contributed by atoms with Crippen LogP contribution in [0.3, 0.4) is 0 Å². The molecule has 0 bridgehead atoms. The first-order valence-electron chi connectivity index (χ1n) is 10.0. The summed E-state index contributed by atoms with van der Waals surface area (Å²) in [7, 11) is 0. The van der Waals surface area contributed by atoms with Gasteiger partial charge in [-0.05, 0) is 37.6 Å². The van der Waals surface area contributed by atoms with Gasteiger partial charge in [-0.1, -0.05) is 18.2 Å². The molecule has 160 valence electrons. The van der Waals surface area contributed by atoms with Crippen molar-refractivity contribution in [3.05, 3.63) is 78.1 Å². The highest BCUT2D eigenvalue weighted by atomic mass is 19.1. The number of ether oxygens (including phenoxy) is 1. The normalized spacial score (nSPS) is 10.4. The summed E-state index contributed by atoms with van der Waals surface area (Å²) in [5, 5.41) is 12.0. The maximum atomic E-state index is 13.4. The second-order valence-corrected chi connectivity index (χ2v) is 6.85. The van der Waals surface area contributed by atoms with Gasteiger partial charge in [0.2, 0.25) is 0 Å². The Balaban J connectivity index is 1.77. The topological polar surface area (TPSA) is 83.2 Å². The number of rotatable bonds is 9. The predicted molar refractivity (Wildman–Crippen MR) is 115 cm³/mol. The molecule has 0 radical (unpaired) electrons. The van der Waals surface area contributed by atoms with E-state index in [0.29, 0.717) is 32.7 Å². The molecule has 8 heteroatoms. The molecule has 2 aromatic carbocycles. The van der Waals surface area contributed by atoms with Gasteiger partial charge in [-0.3, -0.25) is 0 Å². The number of halogens is 1. The van der Waals surface area contributed by atoms with Gasteiger partial charge in [0.25, 0.3) is 0 Å². The molecule has 1 N–H and O–H groups in total. The summed E-state index contributed by atoms with van der Waals surface area (Å²) in [5.41, 5.74) is 1.22. The van der Waals surface area contributed by atoms with Crippen LogP contribution in [0.4, 0.5) is 14.9 Å². The lowest BCUT2D eigenvalue weighted by atomic mass is 10.1. The predicted octanol–water partition coefficient (Wildman–Crippen LogP) is 4.42. The minimum Gasteiger partial charge on any atom is -0.494 e. The minimum atomic E-state index is -0.530. The van der Waals surface area contributed by atoms with Crippen molar-refractivity contribution in [3.63, 3.8) is 0 Å². The third kappa shape index (κ3) is 6.06. The molecule has 3 rings (SSSR count). The van der Waals surface area contributed by atoms with Gasteiger partial charge >= 0.3 is 6.03 Å². The average molecular weight is 421 g/mol. The SMILES string of the molecule is CCOc1ccccc1CN(CCCn1ccnc1)C(=O)Nc1ccc(F)cc1C#N. The summed E-state index contributed by atoms with van der Waals surface area (Å²) in [4.78, 5) is 18.8. The molecule has 0 aliphatic heterocycles. The van der Waals surface area contributed by atoms with E-state index in [1.807, 2.05) is 48.0 Å². The van der Waals surface area contributed by atoms with E-state index in [-0.39, 0.29) is 17.3 Å². The molecular formula is C23H24FN5O2. The molecule has 0 aliphatic rings. The number of aromatic nitrogens is 2. The number of urea groups is 1. The zero-order chi connectivity index (χ0) is 22.1. The molecule has 31 heavy (non-hydrogen) atoms. The van der Waals surface area contributed by atoms with Crippen molar-refractivity contribution in [1.82, 2.24) is 14.5 Å². The zero-order valence-corrected chi connectivity index (χ0v) is 17.3. The fraction of sp³-hybridized carbons (Fsp3) is 0.261. The van der Waals surface area contributed by atoms with Crippen LogP contribution < -0.4 is 10.1 Å². The molecule has 7 nitrogen and oxygen atoms in total. The molecule has 1 aromatic heterocycles. The molecule has 0 spiro atoms. The summed E-state index contributed by atoms with van der Waals surface area (Å²) in [6, 6.07) is 12.8. The Morgan fingerprint density at radius 2 is 2.16 bits per heavy atom. The smallest absolute Gasteiger partial charge is 0.322 e. The summed E-state index contributed by atoms with van der Waals surface area (Å²) >= 11 is 0. The van der Waals surface area contributed by atoms with Crippen LogP contribution in [0.25, 0.3) is 0 Å². The van der Waals surface area contributed by atoms with Crippen molar-refractivity contribution in [2.24, 2.45) is 0 Å². The number of amides is 2. The Kier molecular flexibility index (Phi) is 7.60. The zero-order valence-electron chi connectivity index (χ0n) is 17.3. The van der Waals surface area contributed by atoms with Gasteiger partial charge in [0.15, 0.2) is 0 Å². The molecule has 0 saturated carbocycles. The van der Waals surface area contributed by atoms with Gasteiger partial charge in [-0.2, -0.15) is 5.26 Å². The number of anilines is 1. The molecule has 0 saturated heterocycles. The third-order valence-corrected chi connectivity index (χ3v) is 4.67. The second kappa shape index (κ2) is 10.8. The second-order valence-electron chi connectivity index (χ2n) is 6.85. The van der Waals surface area contributed by atoms with Crippen LogP contribution in [0.1, 0.15) is 24.5 Å². The quantitative estimate of drug-likeness (QED) is 0.555. The van der Waals surface area contributed by atoms with Crippen molar-refractivity contribution in [2.45, 2.75) is 26.4 Å². The van der Waals surface area contributed by atoms with Crippen molar-refractivity contribution < 1.29 is 13.9 Å². The van der Waals surface area contributed by atoms with Gasteiger partial charge in [0, 0.05) is 31.0 Å². The summed E-state index contributed by atoms with van der Waals surface area (Å²) in [5.74, 6) is 0.189. The Hall–Kier alpha value is -3.86. The Morgan fingerprint density at radius 1 is 1.32 bits per heavy atom. The molecule has 0 fully saturated rings. The minimum absolute atomic E-state index is 0.0708. The Morgan fingerprint density at radius 3 is 2.90 bits per heavy atom. The number of hydrogen-bond donors (Lipinski definition) is 1. The van der Waals surface area contributed by atoms with Gasteiger partial charge in [0.1, 0.15) is 17.6 Å². The number of para-hydroxylation sites is 1. The number of nitriles is 1. The lowest BCUT2D eigenvalue weighted by Gasteiger charge is -2.24. The highest BCUT2D eigenvalue weighted by Gasteiger charge is 2.18. The first kappa shape index (κ1) is 21.8. The van der Waals surface area contributed by atoms with E-state index in [1.54, 1.807) is 17.4 Å². The summed E-state index contributed by atoms with van der Waals surface area (Å²) in [6.45, 7) is 3.93. The number of hydrogen-bond acceptors (Lipinski definition) is 4. The molecule has 0 atom stereocenters. The van der Waals surface area contributed by atoms with Crippen molar-refractivity contribution in [2.75, 3.05) is 18.5 Å². The van der Waals surface area contributed by atoms with Crippen LogP contribution in [0.15, 0.2) is 61.2 Å². The Bertz CT molecular complexity index is 1050. The number of imidazole rings is 1. The van der Waals surface area contributed by atoms with Crippen molar-refractivity contribution in [1.29, 1.82) is 5.26 Å². The van der Waals surface area contributed by atoms with Gasteiger partial charge in [-0.15, -0.1) is 0 Å². The van der Waals surface area contributed by atoms with E-state index in [9.17, 15) is 14.4 Å². The standard InChI is InChI=1S/C23H24FN5O2/c1-2-31-22-7-4-3-6-18(22)16-29(12-5-11-28-13-10-26-17-28)23(30)27-21-9-8-20(24)14-19(21)15-25/h3-4,6-10,13-14,17H,2,5,11-12,16H2,1H3,(H,27,30). The van der Waals surface area contributed by atoms with Crippen molar-refractivity contribution >= 4 is 11.7 Å². The van der Waals surface area contributed by atoms with Crippen molar-refractivity contribution in [3.8, 4) is 11.8 Å². The van der Waals surface area contributed by atoms with E-state index in [2.05, 4.69) is 10.3 Å². The summed E-state index contributed by atoms with van der Waals surface area (Å²) in [6.07, 6.45) is 6.01. The number of nitrogens with zero attached hydrogens (tertiary/aromatic N) is 4. The molecule has 0 unspecified atom stereocenters. The first-order chi connectivity index (χ1) is 15.1. The monoisotopic (exact) mass is 421 g/mol. The van der Waals surface area contributed by atoms with Crippen LogP contribution in [0.2, 0.25) is 0 Å².